The van der Waals surface area contributed by atoms with Crippen molar-refractivity contribution in [3.8, 4) is 0 Å². The summed E-state index contributed by atoms with van der Waals surface area (Å²) < 4.78 is 29.4. The standard InChI is InChI=1S/C21H28NO2S/c1-15-8-10-19(11-9-15)25(23,24)22-18-13-16(20(2,3)4)12-17(14-18)21(5,6)7/h8-14H,1-7H3. The Morgan fingerprint density at radius 1 is 0.800 bits per heavy atom. The van der Waals surface area contributed by atoms with Gasteiger partial charge in [0.2, 0.25) is 10.0 Å². The first-order chi connectivity index (χ1) is 11.3. The Hall–Kier alpha value is -1.65. The highest BCUT2D eigenvalue weighted by atomic mass is 32.2. The molecule has 0 N–H and O–H groups in total. The van der Waals surface area contributed by atoms with Gasteiger partial charge >= 0.3 is 0 Å². The first-order valence-corrected chi connectivity index (χ1v) is 9.94. The number of nitrogens with zero attached hydrogens (tertiary/aromatic N) is 1. The highest BCUT2D eigenvalue weighted by molar-refractivity contribution is 7.88. The van der Waals surface area contributed by atoms with Crippen molar-refractivity contribution in [1.82, 2.24) is 0 Å². The zero-order chi connectivity index (χ0) is 19.0. The summed E-state index contributed by atoms with van der Waals surface area (Å²) in [5.41, 5.74) is 3.50. The molecule has 0 bridgehead atoms. The van der Waals surface area contributed by atoms with Crippen molar-refractivity contribution in [3.05, 3.63) is 59.2 Å². The van der Waals surface area contributed by atoms with E-state index in [1.165, 1.54) is 0 Å². The van der Waals surface area contributed by atoms with Crippen molar-refractivity contribution in [2.45, 2.75) is 64.2 Å². The van der Waals surface area contributed by atoms with Crippen LogP contribution in [0.4, 0.5) is 5.69 Å². The zero-order valence-electron chi connectivity index (χ0n) is 16.2. The zero-order valence-corrected chi connectivity index (χ0v) is 17.0. The average molecular weight is 359 g/mol. The van der Waals surface area contributed by atoms with Gasteiger partial charge in [0.1, 0.15) is 0 Å². The molecule has 135 valence electrons. The first-order valence-electron chi connectivity index (χ1n) is 8.50. The molecule has 4 heteroatoms. The largest absolute Gasteiger partial charge is 0.227 e. The lowest BCUT2D eigenvalue weighted by molar-refractivity contribution is 0.462. The molecule has 0 heterocycles. The molecule has 0 amide bonds. The molecule has 0 aromatic heterocycles. The molecular weight excluding hydrogens is 330 g/mol. The maximum atomic E-state index is 12.7. The highest BCUT2D eigenvalue weighted by Gasteiger charge is 2.21. The topological polar surface area (TPSA) is 49.3 Å². The summed E-state index contributed by atoms with van der Waals surface area (Å²) in [5, 5.41) is 0. The van der Waals surface area contributed by atoms with Crippen LogP contribution in [0.2, 0.25) is 0 Å². The van der Waals surface area contributed by atoms with E-state index in [9.17, 15) is 8.76 Å². The third kappa shape index (κ3) is 4.93. The monoisotopic (exact) mass is 358 g/mol. The van der Waals surface area contributed by atoms with E-state index in [0.717, 1.165) is 16.7 Å². The fourth-order valence-corrected chi connectivity index (χ4v) is 3.40. The van der Waals surface area contributed by atoms with Gasteiger partial charge in [-0.05, 0) is 53.1 Å². The summed E-state index contributed by atoms with van der Waals surface area (Å²) in [7, 11) is -3.73. The van der Waals surface area contributed by atoms with Gasteiger partial charge in [0, 0.05) is 0 Å². The molecule has 2 aromatic carbocycles. The van der Waals surface area contributed by atoms with E-state index in [2.05, 4.69) is 52.0 Å². The quantitative estimate of drug-likeness (QED) is 0.640. The van der Waals surface area contributed by atoms with Crippen LogP contribution in [0.15, 0.2) is 51.7 Å². The summed E-state index contributed by atoms with van der Waals surface area (Å²) in [5.74, 6) is 0. The van der Waals surface area contributed by atoms with Crippen molar-refractivity contribution in [2.24, 2.45) is 4.36 Å². The number of hydrogen-bond acceptors (Lipinski definition) is 2. The average Bonchev–Trinajstić information content (AvgIpc) is 2.45. The van der Waals surface area contributed by atoms with Gasteiger partial charge in [-0.3, -0.25) is 0 Å². The normalized spacial score (nSPS) is 14.9. The van der Waals surface area contributed by atoms with E-state index in [1.807, 2.05) is 19.1 Å². The SMILES string of the molecule is Cc1ccc(S([O])(=O)=Nc2cc(C(C)(C)C)cc(C(C)(C)C)c2)cc1. The molecule has 0 aliphatic carbocycles. The van der Waals surface area contributed by atoms with Crippen LogP contribution < -0.4 is 0 Å². The molecule has 0 spiro atoms. The predicted octanol–water partition coefficient (Wildman–Crippen LogP) is 6.09. The fourth-order valence-electron chi connectivity index (χ4n) is 2.43. The molecule has 0 saturated carbocycles. The third-order valence-electron chi connectivity index (χ3n) is 4.19. The minimum absolute atomic E-state index is 0.0842. The van der Waals surface area contributed by atoms with E-state index in [4.69, 9.17) is 0 Å². The van der Waals surface area contributed by atoms with Crippen molar-refractivity contribution >= 4 is 15.7 Å². The molecule has 25 heavy (non-hydrogen) atoms. The lowest BCUT2D eigenvalue weighted by Gasteiger charge is -2.25. The van der Waals surface area contributed by atoms with E-state index in [0.29, 0.717) is 5.69 Å². The maximum absolute atomic E-state index is 12.7. The van der Waals surface area contributed by atoms with Gasteiger partial charge in [0.25, 0.3) is 0 Å². The smallest absolute Gasteiger partial charge is 0.213 e. The predicted molar refractivity (Wildman–Crippen MR) is 104 cm³/mol. The summed E-state index contributed by atoms with van der Waals surface area (Å²) in [6.07, 6.45) is 0. The van der Waals surface area contributed by atoms with Gasteiger partial charge in [0.15, 0.2) is 0 Å². The molecule has 1 radical (unpaired) electrons. The Balaban J connectivity index is 2.65. The fraction of sp³-hybridized carbons (Fsp3) is 0.429. The van der Waals surface area contributed by atoms with Crippen LogP contribution in [0.25, 0.3) is 0 Å². The van der Waals surface area contributed by atoms with Crippen LogP contribution >= 0.6 is 0 Å². The third-order valence-corrected chi connectivity index (χ3v) is 5.51. The highest BCUT2D eigenvalue weighted by Crippen LogP contribution is 2.34. The number of aryl methyl sites for hydroxylation is 1. The summed E-state index contributed by atoms with van der Waals surface area (Å²) in [4.78, 5) is 0.219. The summed E-state index contributed by atoms with van der Waals surface area (Å²) in [6.45, 7) is 14.6. The molecule has 0 fully saturated rings. The second-order valence-corrected chi connectivity index (χ2v) is 10.3. The number of benzene rings is 2. The molecule has 0 saturated heterocycles. The van der Waals surface area contributed by atoms with Crippen molar-refractivity contribution in [1.29, 1.82) is 0 Å². The van der Waals surface area contributed by atoms with Gasteiger partial charge in [-0.2, -0.15) is 4.36 Å². The molecule has 1 unspecified atom stereocenters. The minimum Gasteiger partial charge on any atom is -0.213 e. The van der Waals surface area contributed by atoms with Gasteiger partial charge < -0.3 is 0 Å². The molecule has 0 aliphatic rings. The Morgan fingerprint density at radius 3 is 1.64 bits per heavy atom. The first kappa shape index (κ1) is 19.7. The Kier molecular flexibility index (Phi) is 5.18. The lowest BCUT2D eigenvalue weighted by Crippen LogP contribution is -2.16. The van der Waals surface area contributed by atoms with Gasteiger partial charge in [-0.1, -0.05) is 65.3 Å². The van der Waals surface area contributed by atoms with Crippen molar-refractivity contribution in [2.75, 3.05) is 0 Å². The van der Waals surface area contributed by atoms with E-state index in [-0.39, 0.29) is 15.7 Å². The van der Waals surface area contributed by atoms with Crippen LogP contribution in [0.1, 0.15) is 58.2 Å². The maximum Gasteiger partial charge on any atom is 0.227 e. The summed E-state index contributed by atoms with van der Waals surface area (Å²) in [6, 6.07) is 12.7. The molecule has 3 nitrogen and oxygen atoms in total. The van der Waals surface area contributed by atoms with Crippen LogP contribution in [0.3, 0.4) is 0 Å². The van der Waals surface area contributed by atoms with Gasteiger partial charge in [-0.15, -0.1) is 4.55 Å². The Labute approximate surface area is 152 Å². The second-order valence-electron chi connectivity index (χ2n) is 8.65. The lowest BCUT2D eigenvalue weighted by atomic mass is 9.80. The molecule has 0 aliphatic heterocycles. The number of rotatable bonds is 2. The molecule has 1 atom stereocenters. The van der Waals surface area contributed by atoms with Gasteiger partial charge in [0.05, 0.1) is 10.6 Å². The Morgan fingerprint density at radius 2 is 1.24 bits per heavy atom. The second kappa shape index (κ2) is 6.58. The van der Waals surface area contributed by atoms with Crippen LogP contribution in [0.5, 0.6) is 0 Å². The number of hydrogen-bond donors (Lipinski definition) is 0. The van der Waals surface area contributed by atoms with Crippen LogP contribution in [-0.4, -0.2) is 4.21 Å². The van der Waals surface area contributed by atoms with Gasteiger partial charge in [-0.25, -0.2) is 4.21 Å². The molecular formula is C21H28NO2S. The van der Waals surface area contributed by atoms with Crippen molar-refractivity contribution < 1.29 is 8.76 Å². The van der Waals surface area contributed by atoms with Crippen LogP contribution in [-0.2, 0) is 25.4 Å². The van der Waals surface area contributed by atoms with Crippen molar-refractivity contribution in [3.63, 3.8) is 0 Å². The molecule has 2 aromatic rings. The molecule has 2 rings (SSSR count). The van der Waals surface area contributed by atoms with Crippen LogP contribution in [0, 0.1) is 6.92 Å². The van der Waals surface area contributed by atoms with E-state index >= 15 is 0 Å². The minimum atomic E-state index is -3.73. The van der Waals surface area contributed by atoms with E-state index < -0.39 is 10.0 Å². The Bertz CT molecular complexity index is 843. The summed E-state index contributed by atoms with van der Waals surface area (Å²) >= 11 is 0. The van der Waals surface area contributed by atoms with E-state index in [1.54, 1.807) is 24.3 Å².